The largest absolute Gasteiger partial charge is 0.501 e. The Morgan fingerprint density at radius 3 is 2.66 bits per heavy atom. The SMILES string of the molecule is CCOC(=O)C(C[C@@]1(O)CC[C@H]2[C@@H]3CC=C4C=C(OC)CC[C@]4(C)C3=CC[C@@]21C)C(=O)O. The van der Waals surface area contributed by atoms with Gasteiger partial charge in [-0.25, -0.2) is 0 Å². The molecular formula is C26H36O6. The molecule has 0 aromatic heterocycles. The van der Waals surface area contributed by atoms with Crippen LogP contribution in [0.1, 0.15) is 65.7 Å². The van der Waals surface area contributed by atoms with Gasteiger partial charge in [-0.2, -0.15) is 0 Å². The van der Waals surface area contributed by atoms with Crippen molar-refractivity contribution in [1.29, 1.82) is 0 Å². The van der Waals surface area contributed by atoms with Crippen molar-refractivity contribution in [3.63, 3.8) is 0 Å². The quantitative estimate of drug-likeness (QED) is 0.358. The number of hydrogen-bond donors (Lipinski definition) is 2. The van der Waals surface area contributed by atoms with Crippen molar-refractivity contribution in [2.75, 3.05) is 13.7 Å². The van der Waals surface area contributed by atoms with E-state index in [1.165, 1.54) is 11.1 Å². The summed E-state index contributed by atoms with van der Waals surface area (Å²) < 4.78 is 10.5. The Kier molecular flexibility index (Phi) is 5.81. The first kappa shape index (κ1) is 23.1. The smallest absolute Gasteiger partial charge is 0.320 e. The van der Waals surface area contributed by atoms with Crippen LogP contribution in [-0.4, -0.2) is 41.5 Å². The van der Waals surface area contributed by atoms with Gasteiger partial charge in [-0.05, 0) is 62.5 Å². The normalized spacial score (nSPS) is 38.8. The van der Waals surface area contributed by atoms with E-state index in [9.17, 15) is 19.8 Å². The van der Waals surface area contributed by atoms with Gasteiger partial charge in [0.2, 0.25) is 0 Å². The molecule has 6 nitrogen and oxygen atoms in total. The second-order valence-corrected chi connectivity index (χ2v) is 10.5. The fourth-order valence-electron chi connectivity index (χ4n) is 7.07. The number of fused-ring (bicyclic) bond motifs is 5. The maximum absolute atomic E-state index is 12.3. The number of carboxylic acids is 1. The van der Waals surface area contributed by atoms with Gasteiger partial charge < -0.3 is 19.7 Å². The molecule has 0 aliphatic heterocycles. The molecule has 0 bridgehead atoms. The van der Waals surface area contributed by atoms with Crippen LogP contribution in [0.2, 0.25) is 0 Å². The molecule has 0 aromatic carbocycles. The summed E-state index contributed by atoms with van der Waals surface area (Å²) in [5.41, 5.74) is 1.10. The molecule has 0 aromatic rings. The Labute approximate surface area is 190 Å². The summed E-state index contributed by atoms with van der Waals surface area (Å²) in [7, 11) is 1.73. The molecular weight excluding hydrogens is 408 g/mol. The third-order valence-corrected chi connectivity index (χ3v) is 9.11. The van der Waals surface area contributed by atoms with E-state index >= 15 is 0 Å². The topological polar surface area (TPSA) is 93.1 Å². The highest BCUT2D eigenvalue weighted by Gasteiger charge is 2.62. The van der Waals surface area contributed by atoms with Gasteiger partial charge in [0.15, 0.2) is 5.92 Å². The summed E-state index contributed by atoms with van der Waals surface area (Å²) in [5.74, 6) is -1.70. The van der Waals surface area contributed by atoms with Crippen LogP contribution in [-0.2, 0) is 19.1 Å². The molecule has 0 spiro atoms. The van der Waals surface area contributed by atoms with Crippen LogP contribution in [0.4, 0.5) is 0 Å². The van der Waals surface area contributed by atoms with Gasteiger partial charge >= 0.3 is 11.9 Å². The van der Waals surface area contributed by atoms with Crippen LogP contribution in [0, 0.1) is 28.6 Å². The number of carbonyl (C=O) groups excluding carboxylic acids is 1. The number of carbonyl (C=O) groups is 2. The third kappa shape index (κ3) is 3.33. The average Bonchev–Trinajstić information content (AvgIpc) is 3.02. The van der Waals surface area contributed by atoms with Gasteiger partial charge in [-0.15, -0.1) is 0 Å². The van der Waals surface area contributed by atoms with Crippen molar-refractivity contribution in [3.8, 4) is 0 Å². The number of methoxy groups -OCH3 is 1. The highest BCUT2D eigenvalue weighted by Crippen LogP contribution is 2.65. The Balaban J connectivity index is 1.64. The lowest BCUT2D eigenvalue weighted by Gasteiger charge is -2.54. The summed E-state index contributed by atoms with van der Waals surface area (Å²) in [6.45, 7) is 6.20. The Hall–Kier alpha value is -2.08. The number of hydrogen-bond acceptors (Lipinski definition) is 5. The lowest BCUT2D eigenvalue weighted by atomic mass is 9.51. The molecule has 0 saturated heterocycles. The molecule has 1 saturated carbocycles. The second-order valence-electron chi connectivity index (χ2n) is 10.5. The van der Waals surface area contributed by atoms with E-state index < -0.39 is 28.9 Å². The predicted molar refractivity (Wildman–Crippen MR) is 119 cm³/mol. The lowest BCUT2D eigenvalue weighted by molar-refractivity contribution is -0.165. The van der Waals surface area contributed by atoms with E-state index in [4.69, 9.17) is 9.47 Å². The zero-order chi connectivity index (χ0) is 23.3. The van der Waals surface area contributed by atoms with E-state index in [2.05, 4.69) is 32.1 Å². The number of carboxylic acid groups (broad SMARTS) is 1. The van der Waals surface area contributed by atoms with E-state index in [0.29, 0.717) is 18.8 Å². The zero-order valence-electron chi connectivity index (χ0n) is 19.6. The zero-order valence-corrected chi connectivity index (χ0v) is 19.6. The van der Waals surface area contributed by atoms with Crippen molar-refractivity contribution >= 4 is 11.9 Å². The Bertz CT molecular complexity index is 900. The molecule has 1 unspecified atom stereocenters. The summed E-state index contributed by atoms with van der Waals surface area (Å²) >= 11 is 0. The molecule has 4 aliphatic rings. The molecule has 176 valence electrons. The first-order chi connectivity index (χ1) is 15.1. The summed E-state index contributed by atoms with van der Waals surface area (Å²) in [5, 5.41) is 21.5. The Morgan fingerprint density at radius 2 is 2.00 bits per heavy atom. The number of esters is 1. The van der Waals surface area contributed by atoms with Crippen molar-refractivity contribution < 1.29 is 29.3 Å². The maximum atomic E-state index is 12.3. The number of aliphatic carboxylic acids is 1. The number of ether oxygens (including phenoxy) is 2. The van der Waals surface area contributed by atoms with E-state index in [-0.39, 0.29) is 24.4 Å². The second kappa shape index (κ2) is 8.05. The van der Waals surface area contributed by atoms with Crippen LogP contribution in [0.15, 0.2) is 35.1 Å². The lowest BCUT2D eigenvalue weighted by Crippen LogP contribution is -2.52. The first-order valence-electron chi connectivity index (χ1n) is 11.9. The molecule has 1 fully saturated rings. The van der Waals surface area contributed by atoms with E-state index in [1.54, 1.807) is 14.0 Å². The van der Waals surface area contributed by atoms with Gasteiger partial charge in [0.1, 0.15) is 0 Å². The van der Waals surface area contributed by atoms with Crippen molar-refractivity contribution in [2.24, 2.45) is 28.6 Å². The van der Waals surface area contributed by atoms with Gasteiger partial charge in [0, 0.05) is 23.7 Å². The van der Waals surface area contributed by atoms with Gasteiger partial charge in [0.25, 0.3) is 0 Å². The van der Waals surface area contributed by atoms with Crippen molar-refractivity contribution in [3.05, 3.63) is 35.1 Å². The third-order valence-electron chi connectivity index (χ3n) is 9.11. The van der Waals surface area contributed by atoms with Crippen molar-refractivity contribution in [1.82, 2.24) is 0 Å². The van der Waals surface area contributed by atoms with Gasteiger partial charge in [-0.3, -0.25) is 9.59 Å². The minimum atomic E-state index is -1.34. The van der Waals surface area contributed by atoms with Crippen LogP contribution in [0.3, 0.4) is 0 Å². The molecule has 0 amide bonds. The standard InChI is InChI=1S/C26H36O6/c1-5-32-23(29)19(22(27)28)15-26(30)13-10-21-18-7-6-16-14-17(31-4)8-11-24(16,2)20(18)9-12-25(21,26)3/h6,9,14,18-19,21,30H,5,7-8,10-13,15H2,1-4H3,(H,27,28)/t18-,19?,21+,24+,25+,26+/m1/s1. The molecule has 0 heterocycles. The van der Waals surface area contributed by atoms with Crippen LogP contribution in [0.5, 0.6) is 0 Å². The molecule has 6 heteroatoms. The fraction of sp³-hybridized carbons (Fsp3) is 0.692. The van der Waals surface area contributed by atoms with Crippen LogP contribution < -0.4 is 0 Å². The molecule has 4 rings (SSSR count). The molecule has 4 aliphatic carbocycles. The van der Waals surface area contributed by atoms with Crippen LogP contribution >= 0.6 is 0 Å². The molecule has 2 N–H and O–H groups in total. The molecule has 0 radical (unpaired) electrons. The van der Waals surface area contributed by atoms with Gasteiger partial charge in [-0.1, -0.05) is 31.6 Å². The molecule has 32 heavy (non-hydrogen) atoms. The number of rotatable bonds is 6. The monoisotopic (exact) mass is 444 g/mol. The van der Waals surface area contributed by atoms with Crippen molar-refractivity contribution in [2.45, 2.75) is 71.3 Å². The van der Waals surface area contributed by atoms with Crippen LogP contribution in [0.25, 0.3) is 0 Å². The summed E-state index contributed by atoms with van der Waals surface area (Å²) in [4.78, 5) is 24.2. The minimum Gasteiger partial charge on any atom is -0.501 e. The Morgan fingerprint density at radius 1 is 1.25 bits per heavy atom. The first-order valence-corrected chi connectivity index (χ1v) is 11.9. The van der Waals surface area contributed by atoms with E-state index in [0.717, 1.165) is 31.4 Å². The average molecular weight is 445 g/mol. The number of allylic oxidation sites excluding steroid dienone is 6. The maximum Gasteiger partial charge on any atom is 0.320 e. The predicted octanol–water partition coefficient (Wildman–Crippen LogP) is 4.39. The highest BCUT2D eigenvalue weighted by molar-refractivity contribution is 5.94. The summed E-state index contributed by atoms with van der Waals surface area (Å²) in [6.07, 6.45) is 11.6. The summed E-state index contributed by atoms with van der Waals surface area (Å²) in [6, 6.07) is 0. The van der Waals surface area contributed by atoms with Gasteiger partial charge in [0.05, 0.1) is 25.1 Å². The molecule has 6 atom stereocenters. The fourth-order valence-corrected chi connectivity index (χ4v) is 7.07. The van der Waals surface area contributed by atoms with E-state index in [1.807, 2.05) is 0 Å². The minimum absolute atomic E-state index is 0.0124. The number of aliphatic hydroxyl groups is 1. The highest BCUT2D eigenvalue weighted by atomic mass is 16.5.